The monoisotopic (exact) mass is 278 g/mol. The van der Waals surface area contributed by atoms with Crippen LogP contribution in [0.3, 0.4) is 0 Å². The standard InChI is InChI=1S/C14H18N2O2S/c1-4-18-13-6-5-11(7-14(13)17-3)15-8-12-9-19-10(2)16-12/h5-7,9,15H,4,8H2,1-3H3. The summed E-state index contributed by atoms with van der Waals surface area (Å²) in [6, 6.07) is 5.83. The Morgan fingerprint density at radius 3 is 2.79 bits per heavy atom. The Morgan fingerprint density at radius 1 is 1.32 bits per heavy atom. The summed E-state index contributed by atoms with van der Waals surface area (Å²) in [6.07, 6.45) is 0. The lowest BCUT2D eigenvalue weighted by Gasteiger charge is -2.11. The number of aryl methyl sites for hydroxylation is 1. The van der Waals surface area contributed by atoms with Crippen molar-refractivity contribution in [1.29, 1.82) is 0 Å². The van der Waals surface area contributed by atoms with Crippen LogP contribution in [-0.4, -0.2) is 18.7 Å². The molecule has 0 aliphatic carbocycles. The molecule has 0 spiro atoms. The summed E-state index contributed by atoms with van der Waals surface area (Å²) in [5.41, 5.74) is 2.04. The van der Waals surface area contributed by atoms with Gasteiger partial charge in [0.25, 0.3) is 0 Å². The van der Waals surface area contributed by atoms with Gasteiger partial charge in [-0.3, -0.25) is 0 Å². The molecule has 4 nitrogen and oxygen atoms in total. The van der Waals surface area contributed by atoms with E-state index in [1.165, 1.54) is 0 Å². The molecule has 2 rings (SSSR count). The second-order valence-electron chi connectivity index (χ2n) is 4.01. The molecule has 0 saturated carbocycles. The van der Waals surface area contributed by atoms with Crippen LogP contribution < -0.4 is 14.8 Å². The number of methoxy groups -OCH3 is 1. The molecule has 5 heteroatoms. The molecule has 102 valence electrons. The van der Waals surface area contributed by atoms with E-state index in [0.717, 1.165) is 27.9 Å². The maximum absolute atomic E-state index is 5.49. The summed E-state index contributed by atoms with van der Waals surface area (Å²) in [5, 5.41) is 6.47. The number of nitrogens with zero attached hydrogens (tertiary/aromatic N) is 1. The molecule has 0 saturated heterocycles. The van der Waals surface area contributed by atoms with Gasteiger partial charge in [0, 0.05) is 17.1 Å². The highest BCUT2D eigenvalue weighted by Gasteiger charge is 2.05. The third kappa shape index (κ3) is 3.61. The fourth-order valence-corrected chi connectivity index (χ4v) is 2.35. The van der Waals surface area contributed by atoms with Gasteiger partial charge in [-0.15, -0.1) is 11.3 Å². The molecule has 0 atom stereocenters. The highest BCUT2D eigenvalue weighted by Crippen LogP contribution is 2.30. The smallest absolute Gasteiger partial charge is 0.162 e. The minimum Gasteiger partial charge on any atom is -0.493 e. The molecule has 19 heavy (non-hydrogen) atoms. The molecule has 1 aromatic carbocycles. The van der Waals surface area contributed by atoms with Gasteiger partial charge >= 0.3 is 0 Å². The number of aromatic nitrogens is 1. The van der Waals surface area contributed by atoms with E-state index in [1.54, 1.807) is 18.4 Å². The van der Waals surface area contributed by atoms with Crippen LogP contribution in [0.1, 0.15) is 17.6 Å². The van der Waals surface area contributed by atoms with Gasteiger partial charge in [0.1, 0.15) is 0 Å². The topological polar surface area (TPSA) is 43.4 Å². The Morgan fingerprint density at radius 2 is 2.16 bits per heavy atom. The van der Waals surface area contributed by atoms with Gasteiger partial charge in [-0.2, -0.15) is 0 Å². The first-order chi connectivity index (χ1) is 9.22. The minimum absolute atomic E-state index is 0.626. The number of hydrogen-bond donors (Lipinski definition) is 1. The Bertz CT molecular complexity index is 540. The predicted molar refractivity (Wildman–Crippen MR) is 78.3 cm³/mol. The second-order valence-corrected chi connectivity index (χ2v) is 5.07. The van der Waals surface area contributed by atoms with Crippen LogP contribution in [0, 0.1) is 6.92 Å². The van der Waals surface area contributed by atoms with Crippen LogP contribution >= 0.6 is 11.3 Å². The van der Waals surface area contributed by atoms with Crippen molar-refractivity contribution in [3.63, 3.8) is 0 Å². The molecular weight excluding hydrogens is 260 g/mol. The van der Waals surface area contributed by atoms with Crippen molar-refractivity contribution in [2.24, 2.45) is 0 Å². The van der Waals surface area contributed by atoms with Crippen LogP contribution in [-0.2, 0) is 6.54 Å². The number of ether oxygens (including phenoxy) is 2. The normalized spacial score (nSPS) is 10.3. The van der Waals surface area contributed by atoms with E-state index in [2.05, 4.69) is 15.7 Å². The first kappa shape index (κ1) is 13.7. The number of nitrogens with one attached hydrogen (secondary N) is 1. The van der Waals surface area contributed by atoms with Gasteiger partial charge in [-0.05, 0) is 26.0 Å². The summed E-state index contributed by atoms with van der Waals surface area (Å²) in [4.78, 5) is 4.42. The molecule has 0 bridgehead atoms. The van der Waals surface area contributed by atoms with Gasteiger partial charge in [0.2, 0.25) is 0 Å². The highest BCUT2D eigenvalue weighted by atomic mass is 32.1. The third-order valence-electron chi connectivity index (χ3n) is 2.60. The van der Waals surface area contributed by atoms with Crippen molar-refractivity contribution in [3.05, 3.63) is 34.3 Å². The predicted octanol–water partition coefficient (Wildman–Crippen LogP) is 3.47. The lowest BCUT2D eigenvalue weighted by Crippen LogP contribution is -2.01. The van der Waals surface area contributed by atoms with Gasteiger partial charge in [0.05, 0.1) is 31.0 Å². The largest absolute Gasteiger partial charge is 0.493 e. The number of anilines is 1. The van der Waals surface area contributed by atoms with Crippen molar-refractivity contribution < 1.29 is 9.47 Å². The average Bonchev–Trinajstić information content (AvgIpc) is 2.83. The molecule has 1 heterocycles. The van der Waals surface area contributed by atoms with Crippen LogP contribution in [0.25, 0.3) is 0 Å². The molecule has 0 aliphatic rings. The van der Waals surface area contributed by atoms with Gasteiger partial charge < -0.3 is 14.8 Å². The number of rotatable bonds is 6. The summed E-state index contributed by atoms with van der Waals surface area (Å²) in [7, 11) is 1.64. The SMILES string of the molecule is CCOc1ccc(NCc2csc(C)n2)cc1OC. The average molecular weight is 278 g/mol. The summed E-state index contributed by atoms with van der Waals surface area (Å²) < 4.78 is 10.8. The van der Waals surface area contributed by atoms with Crippen molar-refractivity contribution in [3.8, 4) is 11.5 Å². The van der Waals surface area contributed by atoms with Crippen LogP contribution in [0.4, 0.5) is 5.69 Å². The molecule has 0 unspecified atom stereocenters. The van der Waals surface area contributed by atoms with Crippen molar-refractivity contribution in [2.45, 2.75) is 20.4 Å². The highest BCUT2D eigenvalue weighted by molar-refractivity contribution is 7.09. The molecule has 0 fully saturated rings. The first-order valence-corrected chi connectivity index (χ1v) is 7.06. The van der Waals surface area contributed by atoms with Crippen LogP contribution in [0.5, 0.6) is 11.5 Å². The molecule has 0 radical (unpaired) electrons. The van der Waals surface area contributed by atoms with E-state index in [4.69, 9.17) is 9.47 Å². The van der Waals surface area contributed by atoms with E-state index >= 15 is 0 Å². The first-order valence-electron chi connectivity index (χ1n) is 6.18. The zero-order valence-corrected chi connectivity index (χ0v) is 12.2. The van der Waals surface area contributed by atoms with Crippen LogP contribution in [0.2, 0.25) is 0 Å². The van der Waals surface area contributed by atoms with Crippen molar-refractivity contribution in [1.82, 2.24) is 4.98 Å². The molecule has 2 aromatic rings. The number of thiazole rings is 1. The van der Waals surface area contributed by atoms with E-state index in [-0.39, 0.29) is 0 Å². The summed E-state index contributed by atoms with van der Waals surface area (Å²) >= 11 is 1.66. The van der Waals surface area contributed by atoms with Crippen molar-refractivity contribution >= 4 is 17.0 Å². The fraction of sp³-hybridized carbons (Fsp3) is 0.357. The van der Waals surface area contributed by atoms with E-state index < -0.39 is 0 Å². The zero-order chi connectivity index (χ0) is 13.7. The Kier molecular flexibility index (Phi) is 4.63. The number of hydrogen-bond acceptors (Lipinski definition) is 5. The molecule has 0 aliphatic heterocycles. The third-order valence-corrected chi connectivity index (χ3v) is 3.43. The Labute approximate surface area is 117 Å². The maximum Gasteiger partial charge on any atom is 0.162 e. The second kappa shape index (κ2) is 6.43. The summed E-state index contributed by atoms with van der Waals surface area (Å²) in [6.45, 7) is 5.30. The Balaban J connectivity index is 2.04. The Hall–Kier alpha value is -1.75. The molecule has 1 N–H and O–H groups in total. The minimum atomic E-state index is 0.626. The van der Waals surface area contributed by atoms with Crippen molar-refractivity contribution in [2.75, 3.05) is 19.0 Å². The molecule has 0 amide bonds. The van der Waals surface area contributed by atoms with Crippen LogP contribution in [0.15, 0.2) is 23.6 Å². The lowest BCUT2D eigenvalue weighted by atomic mass is 10.2. The quantitative estimate of drug-likeness (QED) is 0.878. The van der Waals surface area contributed by atoms with Gasteiger partial charge in [-0.25, -0.2) is 4.98 Å². The molecular formula is C14H18N2O2S. The van der Waals surface area contributed by atoms with E-state index in [9.17, 15) is 0 Å². The van der Waals surface area contributed by atoms with E-state index in [1.807, 2.05) is 32.0 Å². The van der Waals surface area contributed by atoms with E-state index in [0.29, 0.717) is 13.2 Å². The van der Waals surface area contributed by atoms with Gasteiger partial charge in [-0.1, -0.05) is 0 Å². The number of benzene rings is 1. The maximum atomic E-state index is 5.49. The fourth-order valence-electron chi connectivity index (χ4n) is 1.73. The van der Waals surface area contributed by atoms with Gasteiger partial charge in [0.15, 0.2) is 11.5 Å². The zero-order valence-electron chi connectivity index (χ0n) is 11.4. The lowest BCUT2D eigenvalue weighted by molar-refractivity contribution is 0.311. The summed E-state index contributed by atoms with van der Waals surface area (Å²) in [5.74, 6) is 1.50. The molecule has 1 aromatic heterocycles.